The van der Waals surface area contributed by atoms with Crippen molar-refractivity contribution in [3.63, 3.8) is 0 Å². The molecule has 4 atom stereocenters. The third-order valence-corrected chi connectivity index (χ3v) is 5.69. The third kappa shape index (κ3) is 2.18. The summed E-state index contributed by atoms with van der Waals surface area (Å²) in [6.45, 7) is 0. The maximum Gasteiger partial charge on any atom is 0.161 e. The number of ether oxygens (including phenoxy) is 1. The second kappa shape index (κ2) is 5.33. The minimum absolute atomic E-state index is 0.158. The van der Waals surface area contributed by atoms with E-state index in [1.807, 2.05) is 10.8 Å². The molecule has 1 aliphatic heterocycles. The van der Waals surface area contributed by atoms with E-state index >= 15 is 0 Å². The highest BCUT2D eigenvalue weighted by atomic mass is 127. The zero-order chi connectivity index (χ0) is 14.6. The monoisotopic (exact) mass is 419 g/mol. The SMILES string of the molecule is OC1C2CCCCC2O[C@H]1n1cc(I)c2c(Cl)ncnc21. The summed E-state index contributed by atoms with van der Waals surface area (Å²) in [6, 6.07) is 0. The quantitative estimate of drug-likeness (QED) is 0.570. The second-order valence-electron chi connectivity index (χ2n) is 5.75. The lowest BCUT2D eigenvalue weighted by atomic mass is 9.84. The van der Waals surface area contributed by atoms with E-state index in [1.54, 1.807) is 0 Å². The maximum absolute atomic E-state index is 10.7. The number of nitrogens with zero attached hydrogens (tertiary/aromatic N) is 3. The van der Waals surface area contributed by atoms with E-state index < -0.39 is 6.10 Å². The third-order valence-electron chi connectivity index (χ3n) is 4.59. The average molecular weight is 420 g/mol. The van der Waals surface area contributed by atoms with Gasteiger partial charge in [-0.2, -0.15) is 0 Å². The first-order valence-corrected chi connectivity index (χ1v) is 8.62. The topological polar surface area (TPSA) is 60.2 Å². The van der Waals surface area contributed by atoms with Crippen molar-refractivity contribution in [1.82, 2.24) is 14.5 Å². The van der Waals surface area contributed by atoms with Crippen LogP contribution in [0.5, 0.6) is 0 Å². The molecule has 2 fully saturated rings. The van der Waals surface area contributed by atoms with E-state index in [0.717, 1.165) is 27.4 Å². The van der Waals surface area contributed by atoms with Crippen molar-refractivity contribution in [3.8, 4) is 0 Å². The summed E-state index contributed by atoms with van der Waals surface area (Å²) < 4.78 is 9.01. The molecule has 112 valence electrons. The molecular weight excluding hydrogens is 405 g/mol. The molecule has 0 aromatic carbocycles. The summed E-state index contributed by atoms with van der Waals surface area (Å²) in [6.07, 6.45) is 7.10. The zero-order valence-corrected chi connectivity index (χ0v) is 14.2. The molecule has 3 heterocycles. The Bertz CT molecular complexity index is 692. The van der Waals surface area contributed by atoms with Gasteiger partial charge in [0.15, 0.2) is 6.23 Å². The molecule has 1 N–H and O–H groups in total. The van der Waals surface area contributed by atoms with Crippen LogP contribution in [0.25, 0.3) is 11.0 Å². The van der Waals surface area contributed by atoms with Gasteiger partial charge in [-0.25, -0.2) is 9.97 Å². The molecule has 2 aliphatic rings. The molecule has 1 saturated heterocycles. The van der Waals surface area contributed by atoms with E-state index in [-0.39, 0.29) is 18.2 Å². The predicted octanol–water partition coefficient (Wildman–Crippen LogP) is 3.14. The van der Waals surface area contributed by atoms with E-state index in [1.165, 1.54) is 19.2 Å². The van der Waals surface area contributed by atoms with Crippen molar-refractivity contribution in [3.05, 3.63) is 21.2 Å². The van der Waals surface area contributed by atoms with E-state index in [4.69, 9.17) is 16.3 Å². The largest absolute Gasteiger partial charge is 0.388 e. The molecule has 4 rings (SSSR count). The molecule has 0 radical (unpaired) electrons. The molecule has 0 amide bonds. The molecule has 21 heavy (non-hydrogen) atoms. The Morgan fingerprint density at radius 2 is 2.14 bits per heavy atom. The number of hydrogen-bond acceptors (Lipinski definition) is 4. The van der Waals surface area contributed by atoms with Crippen molar-refractivity contribution in [2.45, 2.75) is 44.1 Å². The van der Waals surface area contributed by atoms with Gasteiger partial charge in [0.25, 0.3) is 0 Å². The van der Waals surface area contributed by atoms with Gasteiger partial charge in [0, 0.05) is 15.7 Å². The van der Waals surface area contributed by atoms with Gasteiger partial charge in [0.05, 0.1) is 11.5 Å². The molecule has 2 aromatic rings. The van der Waals surface area contributed by atoms with Crippen molar-refractivity contribution in [2.75, 3.05) is 0 Å². The molecular formula is C14H15ClIN3O2. The van der Waals surface area contributed by atoms with Gasteiger partial charge in [-0.1, -0.05) is 24.4 Å². The van der Waals surface area contributed by atoms with Crippen LogP contribution in [0.2, 0.25) is 5.15 Å². The fraction of sp³-hybridized carbons (Fsp3) is 0.571. The molecule has 0 bridgehead atoms. The van der Waals surface area contributed by atoms with E-state index in [9.17, 15) is 5.11 Å². The Morgan fingerprint density at radius 1 is 1.33 bits per heavy atom. The van der Waals surface area contributed by atoms with Crippen LogP contribution < -0.4 is 0 Å². The number of aromatic nitrogens is 3. The van der Waals surface area contributed by atoms with Crippen LogP contribution in [0.1, 0.15) is 31.9 Å². The Labute approximate surface area is 140 Å². The Morgan fingerprint density at radius 3 is 2.95 bits per heavy atom. The lowest BCUT2D eigenvalue weighted by Crippen LogP contribution is -2.28. The maximum atomic E-state index is 10.7. The fourth-order valence-electron chi connectivity index (χ4n) is 3.58. The standard InChI is InChI=1S/C14H15ClIN3O2/c15-12-10-8(16)5-19(13(10)18-6-17-12)14-11(20)7-3-1-2-4-9(7)21-14/h5-7,9,11,14,20H,1-4H2/t7?,9?,11?,14-/m1/s1. The number of aliphatic hydroxyl groups excluding tert-OH is 1. The molecule has 2 aromatic heterocycles. The van der Waals surface area contributed by atoms with Crippen LogP contribution in [-0.2, 0) is 4.74 Å². The van der Waals surface area contributed by atoms with Crippen LogP contribution in [-0.4, -0.2) is 31.8 Å². The Hall–Kier alpha value is -0.440. The van der Waals surface area contributed by atoms with Crippen molar-refractivity contribution < 1.29 is 9.84 Å². The highest BCUT2D eigenvalue weighted by Gasteiger charge is 2.45. The fourth-order valence-corrected chi connectivity index (χ4v) is 4.77. The van der Waals surface area contributed by atoms with Crippen molar-refractivity contribution >= 4 is 45.2 Å². The molecule has 1 aliphatic carbocycles. The minimum atomic E-state index is -0.490. The van der Waals surface area contributed by atoms with Crippen LogP contribution in [0.15, 0.2) is 12.5 Å². The smallest absolute Gasteiger partial charge is 0.161 e. The lowest BCUT2D eigenvalue weighted by molar-refractivity contribution is -0.0375. The van der Waals surface area contributed by atoms with Gasteiger partial charge in [0.2, 0.25) is 0 Å². The molecule has 5 nitrogen and oxygen atoms in total. The van der Waals surface area contributed by atoms with Crippen LogP contribution >= 0.6 is 34.2 Å². The molecule has 1 saturated carbocycles. The van der Waals surface area contributed by atoms with Gasteiger partial charge < -0.3 is 14.4 Å². The molecule has 3 unspecified atom stereocenters. The van der Waals surface area contributed by atoms with Gasteiger partial charge in [-0.05, 0) is 35.4 Å². The highest BCUT2D eigenvalue weighted by Crippen LogP contribution is 2.43. The highest BCUT2D eigenvalue weighted by molar-refractivity contribution is 14.1. The Balaban J connectivity index is 1.79. The summed E-state index contributed by atoms with van der Waals surface area (Å²) in [4.78, 5) is 8.36. The van der Waals surface area contributed by atoms with Gasteiger partial charge in [-0.3, -0.25) is 0 Å². The summed E-state index contributed by atoms with van der Waals surface area (Å²) in [5, 5.41) is 11.9. The summed E-state index contributed by atoms with van der Waals surface area (Å²) in [5.41, 5.74) is 0.724. The first-order chi connectivity index (χ1) is 10.2. The van der Waals surface area contributed by atoms with Crippen LogP contribution in [0.3, 0.4) is 0 Å². The second-order valence-corrected chi connectivity index (χ2v) is 7.27. The number of hydrogen-bond donors (Lipinski definition) is 1. The average Bonchev–Trinajstić information content (AvgIpc) is 2.99. The normalized spacial score (nSPS) is 32.5. The van der Waals surface area contributed by atoms with Gasteiger partial charge in [-0.15, -0.1) is 0 Å². The number of fused-ring (bicyclic) bond motifs is 2. The zero-order valence-electron chi connectivity index (χ0n) is 11.2. The summed E-state index contributed by atoms with van der Waals surface area (Å²) in [7, 11) is 0. The number of rotatable bonds is 1. The number of halogens is 2. The molecule has 7 heteroatoms. The van der Waals surface area contributed by atoms with Crippen LogP contribution in [0, 0.1) is 9.49 Å². The predicted molar refractivity (Wildman–Crippen MR) is 87.1 cm³/mol. The Kier molecular flexibility index (Phi) is 3.60. The van der Waals surface area contributed by atoms with Crippen LogP contribution in [0.4, 0.5) is 0 Å². The van der Waals surface area contributed by atoms with Crippen molar-refractivity contribution in [1.29, 1.82) is 0 Å². The van der Waals surface area contributed by atoms with E-state index in [2.05, 4.69) is 32.6 Å². The van der Waals surface area contributed by atoms with Gasteiger partial charge >= 0.3 is 0 Å². The molecule has 0 spiro atoms. The van der Waals surface area contributed by atoms with E-state index in [0.29, 0.717) is 5.15 Å². The lowest BCUT2D eigenvalue weighted by Gasteiger charge is -2.24. The first kappa shape index (κ1) is 14.2. The van der Waals surface area contributed by atoms with Crippen molar-refractivity contribution in [2.24, 2.45) is 5.92 Å². The summed E-state index contributed by atoms with van der Waals surface area (Å²) in [5.74, 6) is 0.233. The minimum Gasteiger partial charge on any atom is -0.388 e. The van der Waals surface area contributed by atoms with Gasteiger partial charge in [0.1, 0.15) is 23.2 Å². The summed E-state index contributed by atoms with van der Waals surface area (Å²) >= 11 is 8.39. The first-order valence-electron chi connectivity index (χ1n) is 7.17. The number of aliphatic hydroxyl groups is 1.